The molecule has 31 heavy (non-hydrogen) atoms. The molecular weight excluding hydrogens is 543 g/mol. The summed E-state index contributed by atoms with van der Waals surface area (Å²) in [6.07, 6.45) is 2.19. The summed E-state index contributed by atoms with van der Waals surface area (Å²) in [6.45, 7) is 2.52. The van der Waals surface area contributed by atoms with Crippen LogP contribution in [-0.4, -0.2) is 86.0 Å². The predicted molar refractivity (Wildman–Crippen MR) is 128 cm³/mol. The molecule has 1 amide bonds. The van der Waals surface area contributed by atoms with Gasteiger partial charge in [-0.1, -0.05) is 11.6 Å². The minimum absolute atomic E-state index is 0. The topological polar surface area (TPSA) is 60.4 Å². The smallest absolute Gasteiger partial charge is 0.387 e. The lowest BCUT2D eigenvalue weighted by Gasteiger charge is -2.36. The Morgan fingerprint density at radius 2 is 1.84 bits per heavy atom. The Kier molecular flexibility index (Phi) is 10.5. The van der Waals surface area contributed by atoms with Crippen molar-refractivity contribution in [2.75, 3.05) is 52.9 Å². The fourth-order valence-corrected chi connectivity index (χ4v) is 3.97. The van der Waals surface area contributed by atoms with Crippen molar-refractivity contribution in [3.05, 3.63) is 28.8 Å². The lowest BCUT2D eigenvalue weighted by molar-refractivity contribution is -0.131. The molecule has 0 aliphatic carbocycles. The number of ether oxygens (including phenoxy) is 1. The molecular formula is C20H29ClF2IN5O2. The first-order chi connectivity index (χ1) is 14.5. The molecule has 0 atom stereocenters. The van der Waals surface area contributed by atoms with E-state index in [1.165, 1.54) is 12.1 Å². The molecule has 2 aliphatic heterocycles. The van der Waals surface area contributed by atoms with E-state index in [-0.39, 0.29) is 42.2 Å². The number of alkyl halides is 2. The van der Waals surface area contributed by atoms with E-state index in [1.807, 2.05) is 4.90 Å². The summed E-state index contributed by atoms with van der Waals surface area (Å²) in [5, 5.41) is 3.64. The molecule has 7 nitrogen and oxygen atoms in total. The monoisotopic (exact) mass is 571 g/mol. The fourth-order valence-electron chi connectivity index (χ4n) is 3.78. The number of guanidine groups is 1. The highest BCUT2D eigenvalue weighted by molar-refractivity contribution is 14.0. The van der Waals surface area contributed by atoms with Crippen molar-refractivity contribution < 1.29 is 18.3 Å². The Bertz CT molecular complexity index is 757. The van der Waals surface area contributed by atoms with Gasteiger partial charge in [0.05, 0.1) is 6.54 Å². The zero-order valence-electron chi connectivity index (χ0n) is 17.5. The molecule has 0 bridgehead atoms. The van der Waals surface area contributed by atoms with Gasteiger partial charge in [-0.05, 0) is 31.0 Å². The van der Waals surface area contributed by atoms with Crippen molar-refractivity contribution in [1.29, 1.82) is 0 Å². The van der Waals surface area contributed by atoms with Crippen LogP contribution in [0.15, 0.2) is 23.2 Å². The molecule has 0 aromatic heterocycles. The highest BCUT2D eigenvalue weighted by Crippen LogP contribution is 2.24. The second-order valence-electron chi connectivity index (χ2n) is 7.38. The number of piperazine rings is 1. The quantitative estimate of drug-likeness (QED) is 0.323. The van der Waals surface area contributed by atoms with Gasteiger partial charge < -0.3 is 19.9 Å². The Balaban J connectivity index is 0.00000341. The van der Waals surface area contributed by atoms with E-state index in [2.05, 4.69) is 24.8 Å². The van der Waals surface area contributed by atoms with Gasteiger partial charge in [0.2, 0.25) is 5.91 Å². The number of halogens is 4. The van der Waals surface area contributed by atoms with Crippen LogP contribution in [-0.2, 0) is 11.3 Å². The van der Waals surface area contributed by atoms with E-state index in [0.29, 0.717) is 23.1 Å². The van der Waals surface area contributed by atoms with E-state index in [0.717, 1.165) is 52.1 Å². The van der Waals surface area contributed by atoms with E-state index >= 15 is 0 Å². The third-order valence-electron chi connectivity index (χ3n) is 5.38. The maximum absolute atomic E-state index is 12.6. The Morgan fingerprint density at radius 3 is 2.45 bits per heavy atom. The molecule has 0 spiro atoms. The van der Waals surface area contributed by atoms with Gasteiger partial charge in [-0.15, -0.1) is 24.0 Å². The molecule has 1 aromatic rings. The SMILES string of the molecule is CN=C(NCc1cc(Cl)ccc1OC(F)F)N1CCN(CC(=O)N2CCCC2)CC1.I. The summed E-state index contributed by atoms with van der Waals surface area (Å²) in [7, 11) is 1.68. The Hall–Kier alpha value is -1.40. The molecule has 0 unspecified atom stereocenters. The highest BCUT2D eigenvalue weighted by Gasteiger charge is 2.24. The minimum Gasteiger partial charge on any atom is -0.434 e. The number of nitrogens with one attached hydrogen (secondary N) is 1. The first-order valence-electron chi connectivity index (χ1n) is 10.1. The van der Waals surface area contributed by atoms with E-state index in [9.17, 15) is 13.6 Å². The van der Waals surface area contributed by atoms with Gasteiger partial charge in [0.15, 0.2) is 5.96 Å². The molecule has 2 saturated heterocycles. The van der Waals surface area contributed by atoms with Gasteiger partial charge in [0.1, 0.15) is 5.75 Å². The van der Waals surface area contributed by atoms with Gasteiger partial charge in [-0.25, -0.2) is 0 Å². The summed E-state index contributed by atoms with van der Waals surface area (Å²) in [5.74, 6) is 0.960. The first kappa shape index (κ1) is 25.9. The Labute approximate surface area is 203 Å². The van der Waals surface area contributed by atoms with Gasteiger partial charge in [-0.2, -0.15) is 8.78 Å². The van der Waals surface area contributed by atoms with Crippen LogP contribution in [0.2, 0.25) is 5.02 Å². The van der Waals surface area contributed by atoms with Crippen molar-refractivity contribution in [3.63, 3.8) is 0 Å². The summed E-state index contributed by atoms with van der Waals surface area (Å²) >= 11 is 6.01. The van der Waals surface area contributed by atoms with E-state index in [4.69, 9.17) is 11.6 Å². The van der Waals surface area contributed by atoms with Crippen molar-refractivity contribution in [1.82, 2.24) is 20.0 Å². The molecule has 2 fully saturated rings. The molecule has 11 heteroatoms. The fraction of sp³-hybridized carbons (Fsp3) is 0.600. The molecule has 2 aliphatic rings. The second kappa shape index (κ2) is 12.6. The van der Waals surface area contributed by atoms with Crippen LogP contribution in [0.5, 0.6) is 5.75 Å². The zero-order valence-corrected chi connectivity index (χ0v) is 20.6. The third kappa shape index (κ3) is 7.60. The van der Waals surface area contributed by atoms with Gasteiger partial charge in [0.25, 0.3) is 0 Å². The number of amides is 1. The van der Waals surface area contributed by atoms with Crippen molar-refractivity contribution in [3.8, 4) is 5.75 Å². The Morgan fingerprint density at radius 1 is 1.16 bits per heavy atom. The van der Waals surface area contributed by atoms with Crippen molar-refractivity contribution >= 4 is 47.4 Å². The normalized spacial score (nSPS) is 17.6. The van der Waals surface area contributed by atoms with Crippen LogP contribution >= 0.6 is 35.6 Å². The third-order valence-corrected chi connectivity index (χ3v) is 5.61. The van der Waals surface area contributed by atoms with Crippen LogP contribution in [0.4, 0.5) is 8.78 Å². The number of benzene rings is 1. The number of carbonyl (C=O) groups excluding carboxylic acids is 1. The summed E-state index contributed by atoms with van der Waals surface area (Å²) in [5.41, 5.74) is 0.527. The van der Waals surface area contributed by atoms with Crippen LogP contribution in [0.25, 0.3) is 0 Å². The van der Waals surface area contributed by atoms with E-state index < -0.39 is 6.61 Å². The van der Waals surface area contributed by atoms with Crippen LogP contribution < -0.4 is 10.1 Å². The van der Waals surface area contributed by atoms with Crippen LogP contribution in [0, 0.1) is 0 Å². The number of hydrogen-bond donors (Lipinski definition) is 1. The van der Waals surface area contributed by atoms with Gasteiger partial charge in [0, 0.05) is 63.4 Å². The minimum atomic E-state index is -2.90. The van der Waals surface area contributed by atoms with Crippen LogP contribution in [0.1, 0.15) is 18.4 Å². The summed E-state index contributed by atoms with van der Waals surface area (Å²) in [4.78, 5) is 22.8. The summed E-state index contributed by atoms with van der Waals surface area (Å²) < 4.78 is 29.9. The number of aliphatic imine (C=N–C) groups is 1. The molecule has 0 saturated carbocycles. The maximum atomic E-state index is 12.6. The molecule has 2 heterocycles. The molecule has 0 radical (unpaired) electrons. The number of nitrogens with zero attached hydrogens (tertiary/aromatic N) is 4. The lowest BCUT2D eigenvalue weighted by Crippen LogP contribution is -2.54. The zero-order chi connectivity index (χ0) is 21.5. The van der Waals surface area contributed by atoms with Crippen LogP contribution in [0.3, 0.4) is 0 Å². The predicted octanol–water partition coefficient (Wildman–Crippen LogP) is 2.87. The molecule has 1 aromatic carbocycles. The number of likely N-dealkylation sites (tertiary alicyclic amines) is 1. The molecule has 174 valence electrons. The summed E-state index contributed by atoms with van der Waals surface area (Å²) in [6, 6.07) is 4.55. The first-order valence-corrected chi connectivity index (χ1v) is 10.5. The standard InChI is InChI=1S/C20H28ClF2N5O2.HI/c1-24-20(25-13-15-12-16(21)4-5-17(15)30-19(22)23)28-10-8-26(9-11-28)14-18(29)27-6-2-3-7-27;/h4-5,12,19H,2-3,6-11,13-14H2,1H3,(H,24,25);1H. The second-order valence-corrected chi connectivity index (χ2v) is 7.82. The van der Waals surface area contributed by atoms with Gasteiger partial charge in [-0.3, -0.25) is 14.7 Å². The molecule has 1 N–H and O–H groups in total. The molecule has 3 rings (SSSR count). The van der Waals surface area contributed by atoms with E-state index in [1.54, 1.807) is 13.1 Å². The number of hydrogen-bond acceptors (Lipinski definition) is 4. The largest absolute Gasteiger partial charge is 0.434 e. The highest BCUT2D eigenvalue weighted by atomic mass is 127. The number of rotatable bonds is 6. The van der Waals surface area contributed by atoms with Crippen molar-refractivity contribution in [2.45, 2.75) is 26.0 Å². The average molecular weight is 572 g/mol. The lowest BCUT2D eigenvalue weighted by atomic mass is 10.2. The van der Waals surface area contributed by atoms with Crippen molar-refractivity contribution in [2.24, 2.45) is 4.99 Å². The average Bonchev–Trinajstić information content (AvgIpc) is 3.26. The number of carbonyl (C=O) groups is 1. The van der Waals surface area contributed by atoms with Gasteiger partial charge >= 0.3 is 6.61 Å². The maximum Gasteiger partial charge on any atom is 0.387 e.